The van der Waals surface area contributed by atoms with Crippen LogP contribution in [0.15, 0.2) is 118 Å². The lowest BCUT2D eigenvalue weighted by Gasteiger charge is -2.43. The summed E-state index contributed by atoms with van der Waals surface area (Å²) in [6.45, 7) is 10.2. The number of hydrogen-bond donors (Lipinski definition) is 0. The number of fused-ring (bicyclic) bond motifs is 1. The second kappa shape index (κ2) is 11.9. The maximum Gasteiger partial charge on any atom is 0.339 e. The lowest BCUT2D eigenvalue weighted by Crippen LogP contribution is -2.66. The van der Waals surface area contributed by atoms with Crippen LogP contribution in [-0.2, 0) is 13.9 Å². The summed E-state index contributed by atoms with van der Waals surface area (Å²) in [5, 5.41) is 1.93. The average molecular weight is 641 g/mol. The van der Waals surface area contributed by atoms with Gasteiger partial charge in [0.25, 0.3) is 19.8 Å². The van der Waals surface area contributed by atoms with Crippen LogP contribution >= 0.6 is 0 Å². The Kier molecular flexibility index (Phi) is 8.18. The number of nitrogens with zero attached hydrogens (tertiary/aromatic N) is 2. The summed E-state index contributed by atoms with van der Waals surface area (Å²) in [5.41, 5.74) is -1.47. The molecule has 238 valence electrons. The lowest BCUT2D eigenvalue weighted by molar-refractivity contribution is -0.148. The molecule has 10 heteroatoms. The van der Waals surface area contributed by atoms with Crippen LogP contribution < -0.4 is 21.6 Å². The number of halogens is 1. The molecule has 2 aliphatic rings. The zero-order valence-electron chi connectivity index (χ0n) is 26.5. The van der Waals surface area contributed by atoms with Crippen LogP contribution in [0, 0.1) is 5.82 Å². The number of benzene rings is 3. The molecule has 6 rings (SSSR count). The molecule has 1 aliphatic heterocycles. The van der Waals surface area contributed by atoms with E-state index in [0.717, 1.165) is 26.7 Å². The molecule has 2 heterocycles. The number of ether oxygens (including phenoxy) is 2. The molecule has 0 saturated carbocycles. The largest absolute Gasteiger partial charge is 0.403 e. The van der Waals surface area contributed by atoms with E-state index in [1.54, 1.807) is 38.1 Å². The minimum absolute atomic E-state index is 0.0830. The standard InChI is InChI=1S/C36H37FN2O6Si/c1-35(2,3)46(26-17-11-7-12-18-26,27-19-13-8-14-20-27)43-23-25-21-29(31-30(25)44-36(4,5)45-31)38-22-28(37)33(41)39(34(38)42)32(40)24-15-9-6-10-16-24/h6-22,29-31H,23H2,1-5H3/t29-,30-,31+/m1/s1. The Bertz CT molecular complexity index is 1860. The van der Waals surface area contributed by atoms with Gasteiger partial charge in [-0.15, -0.1) is 0 Å². The molecule has 4 aromatic rings. The highest BCUT2D eigenvalue weighted by atomic mass is 28.4. The minimum atomic E-state index is -2.94. The first-order valence-electron chi connectivity index (χ1n) is 15.3. The molecule has 46 heavy (non-hydrogen) atoms. The molecule has 1 aromatic heterocycles. The number of rotatable bonds is 7. The van der Waals surface area contributed by atoms with Crippen LogP contribution in [0.3, 0.4) is 0 Å². The minimum Gasteiger partial charge on any atom is -0.403 e. The first-order chi connectivity index (χ1) is 21.8. The first kappa shape index (κ1) is 31.7. The van der Waals surface area contributed by atoms with Crippen LogP contribution in [0.4, 0.5) is 4.39 Å². The van der Waals surface area contributed by atoms with Gasteiger partial charge in [0.05, 0.1) is 18.8 Å². The van der Waals surface area contributed by atoms with Gasteiger partial charge in [0.2, 0.25) is 5.82 Å². The Hall–Kier alpha value is -4.22. The summed E-state index contributed by atoms with van der Waals surface area (Å²) in [5.74, 6) is -3.16. The van der Waals surface area contributed by atoms with Gasteiger partial charge >= 0.3 is 5.69 Å². The topological polar surface area (TPSA) is 88.8 Å². The zero-order chi connectivity index (χ0) is 32.9. The Morgan fingerprint density at radius 3 is 1.98 bits per heavy atom. The van der Waals surface area contributed by atoms with Gasteiger partial charge in [0.1, 0.15) is 12.2 Å². The van der Waals surface area contributed by atoms with E-state index in [1.807, 2.05) is 36.4 Å². The van der Waals surface area contributed by atoms with Crippen LogP contribution in [-0.4, -0.2) is 48.0 Å². The van der Waals surface area contributed by atoms with E-state index < -0.39 is 55.3 Å². The Labute approximate surface area is 267 Å². The molecule has 1 fully saturated rings. The first-order valence-corrected chi connectivity index (χ1v) is 17.2. The molecule has 0 amide bonds. The highest BCUT2D eigenvalue weighted by molar-refractivity contribution is 6.99. The second-order valence-electron chi connectivity index (χ2n) is 13.2. The summed E-state index contributed by atoms with van der Waals surface area (Å²) < 4.78 is 36.4. The molecule has 3 aromatic carbocycles. The average Bonchev–Trinajstić information content (AvgIpc) is 3.53. The van der Waals surface area contributed by atoms with Crippen LogP contribution in [0.1, 0.15) is 51.0 Å². The van der Waals surface area contributed by atoms with Crippen molar-refractivity contribution in [3.63, 3.8) is 0 Å². The van der Waals surface area contributed by atoms with Crippen molar-refractivity contribution in [1.82, 2.24) is 9.13 Å². The third-order valence-electron chi connectivity index (χ3n) is 8.71. The third-order valence-corrected chi connectivity index (χ3v) is 13.7. The van der Waals surface area contributed by atoms with E-state index >= 15 is 4.39 Å². The predicted octanol–water partition coefficient (Wildman–Crippen LogP) is 4.42. The third kappa shape index (κ3) is 5.45. The van der Waals surface area contributed by atoms with Crippen molar-refractivity contribution >= 4 is 24.6 Å². The molecule has 0 bridgehead atoms. The fourth-order valence-corrected chi connectivity index (χ4v) is 11.2. The fraction of sp³-hybridized carbons (Fsp3) is 0.306. The molecule has 3 atom stereocenters. The molecular weight excluding hydrogens is 603 g/mol. The van der Waals surface area contributed by atoms with Crippen molar-refractivity contribution < 1.29 is 23.1 Å². The van der Waals surface area contributed by atoms with Crippen molar-refractivity contribution in [2.75, 3.05) is 6.61 Å². The maximum absolute atomic E-state index is 15.2. The van der Waals surface area contributed by atoms with Crippen molar-refractivity contribution in [2.45, 2.75) is 63.7 Å². The van der Waals surface area contributed by atoms with Gasteiger partial charge in [-0.25, -0.2) is 4.79 Å². The predicted molar refractivity (Wildman–Crippen MR) is 176 cm³/mol. The second-order valence-corrected chi connectivity index (χ2v) is 17.5. The van der Waals surface area contributed by atoms with Crippen molar-refractivity contribution in [2.24, 2.45) is 0 Å². The molecular formula is C36H37FN2O6Si. The molecule has 1 aliphatic carbocycles. The van der Waals surface area contributed by atoms with Gasteiger partial charge in [0, 0.05) is 5.56 Å². The monoisotopic (exact) mass is 640 g/mol. The van der Waals surface area contributed by atoms with Crippen LogP contribution in [0.25, 0.3) is 0 Å². The zero-order valence-corrected chi connectivity index (χ0v) is 27.5. The summed E-state index contributed by atoms with van der Waals surface area (Å²) in [6.07, 6.45) is 1.28. The number of carbonyl (C=O) groups excluding carboxylic acids is 1. The molecule has 0 unspecified atom stereocenters. The highest BCUT2D eigenvalue weighted by Gasteiger charge is 2.54. The number of hydrogen-bond acceptors (Lipinski definition) is 6. The van der Waals surface area contributed by atoms with Gasteiger partial charge in [-0.05, 0) is 47.0 Å². The van der Waals surface area contributed by atoms with Gasteiger partial charge in [-0.2, -0.15) is 8.96 Å². The Balaban J connectivity index is 1.44. The normalized spacial score (nSPS) is 20.7. The Morgan fingerprint density at radius 1 is 0.891 bits per heavy atom. The van der Waals surface area contributed by atoms with E-state index in [4.69, 9.17) is 13.9 Å². The quantitative estimate of drug-likeness (QED) is 0.220. The summed E-state index contributed by atoms with van der Waals surface area (Å²) in [6, 6.07) is 27.4. The molecule has 0 spiro atoms. The molecule has 8 nitrogen and oxygen atoms in total. The van der Waals surface area contributed by atoms with Gasteiger partial charge in [-0.3, -0.25) is 14.2 Å². The van der Waals surface area contributed by atoms with Gasteiger partial charge < -0.3 is 13.9 Å². The highest BCUT2D eigenvalue weighted by Crippen LogP contribution is 2.44. The van der Waals surface area contributed by atoms with E-state index in [9.17, 15) is 14.4 Å². The Morgan fingerprint density at radius 2 is 1.43 bits per heavy atom. The van der Waals surface area contributed by atoms with Gasteiger partial charge in [0.15, 0.2) is 5.79 Å². The van der Waals surface area contributed by atoms with Crippen molar-refractivity contribution in [1.29, 1.82) is 0 Å². The van der Waals surface area contributed by atoms with Crippen molar-refractivity contribution in [3.8, 4) is 0 Å². The summed E-state index contributed by atoms with van der Waals surface area (Å²) >= 11 is 0. The molecule has 0 radical (unpaired) electrons. The van der Waals surface area contributed by atoms with Crippen LogP contribution in [0.5, 0.6) is 0 Å². The van der Waals surface area contributed by atoms with E-state index in [-0.39, 0.29) is 17.2 Å². The number of aromatic nitrogens is 2. The van der Waals surface area contributed by atoms with Gasteiger partial charge in [-0.1, -0.05) is 106 Å². The van der Waals surface area contributed by atoms with Crippen molar-refractivity contribution in [3.05, 3.63) is 141 Å². The summed E-state index contributed by atoms with van der Waals surface area (Å²) in [4.78, 5) is 39.9. The molecule has 1 saturated heterocycles. The van der Waals surface area contributed by atoms with E-state index in [2.05, 4.69) is 45.0 Å². The smallest absolute Gasteiger partial charge is 0.339 e. The number of carbonyl (C=O) groups is 1. The van der Waals surface area contributed by atoms with E-state index in [0.29, 0.717) is 4.57 Å². The SMILES string of the molecule is CC1(C)O[C@@H]2[C@H](O1)C(CO[Si](c1ccccc1)(c1ccccc1)C(C)(C)C)=C[C@H]2n1cc(F)c(=O)n(C(=O)c2ccccc2)c1=O. The van der Waals surface area contributed by atoms with E-state index in [1.165, 1.54) is 12.1 Å². The fourth-order valence-electron chi connectivity index (χ4n) is 6.70. The van der Waals surface area contributed by atoms with Crippen LogP contribution in [0.2, 0.25) is 5.04 Å². The maximum atomic E-state index is 15.2. The lowest BCUT2D eigenvalue weighted by atomic mass is 10.1. The summed E-state index contributed by atoms with van der Waals surface area (Å²) in [7, 11) is -2.94. The molecule has 0 N–H and O–H groups in total.